The summed E-state index contributed by atoms with van der Waals surface area (Å²) in [5.74, 6) is 2.10. The van der Waals surface area contributed by atoms with E-state index in [1.165, 1.54) is 6.26 Å². The summed E-state index contributed by atoms with van der Waals surface area (Å²) in [5, 5.41) is 8.79. The van der Waals surface area contributed by atoms with Gasteiger partial charge in [0.25, 0.3) is 5.91 Å². The zero-order valence-electron chi connectivity index (χ0n) is 11.2. The van der Waals surface area contributed by atoms with Crippen molar-refractivity contribution >= 4 is 23.6 Å². The molecule has 110 valence electrons. The highest BCUT2D eigenvalue weighted by Crippen LogP contribution is 2.09. The van der Waals surface area contributed by atoms with Gasteiger partial charge in [0.1, 0.15) is 0 Å². The van der Waals surface area contributed by atoms with Gasteiger partial charge in [-0.3, -0.25) is 9.59 Å². The van der Waals surface area contributed by atoms with E-state index in [4.69, 9.17) is 4.42 Å². The summed E-state index contributed by atoms with van der Waals surface area (Å²) in [7, 11) is 0. The fourth-order valence-corrected chi connectivity index (χ4v) is 2.87. The smallest absolute Gasteiger partial charge is 0.287 e. The largest absolute Gasteiger partial charge is 0.459 e. The van der Waals surface area contributed by atoms with Crippen LogP contribution in [-0.4, -0.2) is 49.0 Å². The lowest BCUT2D eigenvalue weighted by atomic mass is 10.2. The number of hydrogen-bond donors (Lipinski definition) is 3. The average Bonchev–Trinajstić information content (AvgIpc) is 2.99. The van der Waals surface area contributed by atoms with Gasteiger partial charge in [0, 0.05) is 43.6 Å². The predicted octanol–water partition coefficient (Wildman–Crippen LogP) is 0.221. The lowest BCUT2D eigenvalue weighted by molar-refractivity contribution is -0.121. The first kappa shape index (κ1) is 14.9. The molecule has 0 aliphatic carbocycles. The minimum Gasteiger partial charge on any atom is -0.459 e. The van der Waals surface area contributed by atoms with Crippen LogP contribution in [0.4, 0.5) is 0 Å². The maximum absolute atomic E-state index is 11.7. The van der Waals surface area contributed by atoms with Gasteiger partial charge in [0.05, 0.1) is 6.26 Å². The molecule has 20 heavy (non-hydrogen) atoms. The van der Waals surface area contributed by atoms with Crippen LogP contribution in [0.1, 0.15) is 17.0 Å². The molecule has 1 aliphatic rings. The zero-order valence-corrected chi connectivity index (χ0v) is 12.0. The van der Waals surface area contributed by atoms with Crippen molar-refractivity contribution in [1.82, 2.24) is 16.0 Å². The number of nitrogens with one attached hydrogen (secondary N) is 3. The molecule has 1 unspecified atom stereocenters. The van der Waals surface area contributed by atoms with Crippen molar-refractivity contribution < 1.29 is 14.0 Å². The van der Waals surface area contributed by atoms with Crippen LogP contribution in [-0.2, 0) is 4.79 Å². The van der Waals surface area contributed by atoms with Crippen molar-refractivity contribution in [2.75, 3.05) is 31.1 Å². The molecule has 2 amide bonds. The van der Waals surface area contributed by atoms with E-state index in [0.29, 0.717) is 19.5 Å². The Hall–Kier alpha value is -1.47. The molecular weight excluding hydrogens is 278 g/mol. The van der Waals surface area contributed by atoms with Gasteiger partial charge in [0.15, 0.2) is 5.76 Å². The summed E-state index contributed by atoms with van der Waals surface area (Å²) < 4.78 is 4.96. The predicted molar refractivity (Wildman–Crippen MR) is 77.8 cm³/mol. The number of carbonyl (C=O) groups excluding carboxylic acids is 2. The summed E-state index contributed by atoms with van der Waals surface area (Å²) >= 11 is 1.87. The van der Waals surface area contributed by atoms with Crippen LogP contribution in [0.5, 0.6) is 0 Å². The quantitative estimate of drug-likeness (QED) is 0.654. The summed E-state index contributed by atoms with van der Waals surface area (Å²) in [5.41, 5.74) is 0. The highest BCUT2D eigenvalue weighted by Gasteiger charge is 2.16. The van der Waals surface area contributed by atoms with Gasteiger partial charge in [-0.25, -0.2) is 0 Å². The maximum Gasteiger partial charge on any atom is 0.287 e. The Morgan fingerprint density at radius 3 is 2.95 bits per heavy atom. The van der Waals surface area contributed by atoms with E-state index >= 15 is 0 Å². The Bertz CT molecular complexity index is 430. The molecule has 2 rings (SSSR count). The molecule has 1 saturated heterocycles. The molecule has 1 aliphatic heterocycles. The van der Waals surface area contributed by atoms with Gasteiger partial charge in [-0.2, -0.15) is 11.8 Å². The van der Waals surface area contributed by atoms with Crippen LogP contribution in [0.3, 0.4) is 0 Å². The second-order valence-electron chi connectivity index (χ2n) is 4.51. The molecule has 3 N–H and O–H groups in total. The van der Waals surface area contributed by atoms with Crippen LogP contribution in [0.15, 0.2) is 22.8 Å². The van der Waals surface area contributed by atoms with E-state index in [2.05, 4.69) is 16.0 Å². The number of hydrogen-bond acceptors (Lipinski definition) is 5. The van der Waals surface area contributed by atoms with E-state index < -0.39 is 0 Å². The normalized spacial score (nSPS) is 18.5. The summed E-state index contributed by atoms with van der Waals surface area (Å²) in [6.07, 6.45) is 1.94. The van der Waals surface area contributed by atoms with Crippen LogP contribution >= 0.6 is 11.8 Å². The first-order valence-electron chi connectivity index (χ1n) is 6.65. The SMILES string of the molecule is O=C(CC1CSCCN1)NCCNC(=O)c1ccco1. The Labute approximate surface area is 122 Å². The molecule has 1 aromatic heterocycles. The maximum atomic E-state index is 11.7. The molecule has 6 nitrogen and oxygen atoms in total. The highest BCUT2D eigenvalue weighted by molar-refractivity contribution is 7.99. The zero-order chi connectivity index (χ0) is 14.2. The monoisotopic (exact) mass is 297 g/mol. The Kier molecular flexibility index (Phi) is 5.94. The number of amides is 2. The molecule has 0 radical (unpaired) electrons. The third-order valence-corrected chi connectivity index (χ3v) is 4.04. The fraction of sp³-hybridized carbons (Fsp3) is 0.538. The van der Waals surface area contributed by atoms with E-state index in [1.54, 1.807) is 12.1 Å². The minimum absolute atomic E-state index is 0.0113. The van der Waals surface area contributed by atoms with Crippen molar-refractivity contribution in [3.05, 3.63) is 24.2 Å². The highest BCUT2D eigenvalue weighted by atomic mass is 32.2. The Morgan fingerprint density at radius 1 is 1.40 bits per heavy atom. The van der Waals surface area contributed by atoms with Crippen molar-refractivity contribution in [1.29, 1.82) is 0 Å². The summed E-state index contributed by atoms with van der Waals surface area (Å²) in [6, 6.07) is 3.51. The second-order valence-corrected chi connectivity index (χ2v) is 5.66. The van der Waals surface area contributed by atoms with E-state index in [9.17, 15) is 9.59 Å². The minimum atomic E-state index is -0.269. The molecule has 2 heterocycles. The fourth-order valence-electron chi connectivity index (χ4n) is 1.92. The Balaban J connectivity index is 1.56. The standard InChI is InChI=1S/C13H19N3O3S/c17-12(8-10-9-20-7-5-14-10)15-3-4-16-13(18)11-2-1-6-19-11/h1-2,6,10,14H,3-5,7-9H2,(H,15,17)(H,16,18). The van der Waals surface area contributed by atoms with E-state index in [1.807, 2.05) is 11.8 Å². The third-order valence-electron chi connectivity index (χ3n) is 2.91. The first-order chi connectivity index (χ1) is 9.75. The lowest BCUT2D eigenvalue weighted by Crippen LogP contribution is -2.42. The lowest BCUT2D eigenvalue weighted by Gasteiger charge is -2.22. The molecule has 1 fully saturated rings. The van der Waals surface area contributed by atoms with Crippen molar-refractivity contribution in [3.8, 4) is 0 Å². The third kappa shape index (κ3) is 4.90. The van der Waals surface area contributed by atoms with Gasteiger partial charge in [0.2, 0.25) is 5.91 Å². The molecule has 1 atom stereocenters. The number of furan rings is 1. The molecule has 0 spiro atoms. The van der Waals surface area contributed by atoms with E-state index in [0.717, 1.165) is 18.1 Å². The van der Waals surface area contributed by atoms with Gasteiger partial charge in [-0.05, 0) is 12.1 Å². The average molecular weight is 297 g/mol. The van der Waals surface area contributed by atoms with Crippen molar-refractivity contribution in [3.63, 3.8) is 0 Å². The van der Waals surface area contributed by atoms with Gasteiger partial charge >= 0.3 is 0 Å². The van der Waals surface area contributed by atoms with Crippen LogP contribution in [0.2, 0.25) is 0 Å². The van der Waals surface area contributed by atoms with Crippen LogP contribution < -0.4 is 16.0 Å². The van der Waals surface area contributed by atoms with Gasteiger partial charge < -0.3 is 20.4 Å². The molecular formula is C13H19N3O3S. The second kappa shape index (κ2) is 7.96. The Morgan fingerprint density at radius 2 is 2.25 bits per heavy atom. The number of carbonyl (C=O) groups is 2. The van der Waals surface area contributed by atoms with Crippen LogP contribution in [0.25, 0.3) is 0 Å². The number of thioether (sulfide) groups is 1. The number of rotatable bonds is 6. The molecule has 7 heteroatoms. The first-order valence-corrected chi connectivity index (χ1v) is 7.80. The van der Waals surface area contributed by atoms with Crippen molar-refractivity contribution in [2.45, 2.75) is 12.5 Å². The molecule has 1 aromatic rings. The van der Waals surface area contributed by atoms with Crippen LogP contribution in [0, 0.1) is 0 Å². The molecule has 0 bridgehead atoms. The van der Waals surface area contributed by atoms with Crippen molar-refractivity contribution in [2.24, 2.45) is 0 Å². The summed E-state index contributed by atoms with van der Waals surface area (Å²) in [4.78, 5) is 23.2. The van der Waals surface area contributed by atoms with Gasteiger partial charge in [-0.15, -0.1) is 0 Å². The summed E-state index contributed by atoms with van der Waals surface area (Å²) in [6.45, 7) is 1.77. The molecule has 0 aromatic carbocycles. The molecule has 0 saturated carbocycles. The topological polar surface area (TPSA) is 83.4 Å². The van der Waals surface area contributed by atoms with E-state index in [-0.39, 0.29) is 23.6 Å². The van der Waals surface area contributed by atoms with Gasteiger partial charge in [-0.1, -0.05) is 0 Å².